The fraction of sp³-hybridized carbons (Fsp3) is 0.417. The number of piperazine rings is 1. The smallest absolute Gasteiger partial charge is 0.434 e. The van der Waals surface area contributed by atoms with Gasteiger partial charge >= 0.3 is 12.1 Å². The van der Waals surface area contributed by atoms with Crippen LogP contribution in [0.25, 0.3) is 0 Å². The van der Waals surface area contributed by atoms with Gasteiger partial charge in [-0.05, 0) is 6.07 Å². The van der Waals surface area contributed by atoms with Gasteiger partial charge in [-0.1, -0.05) is 0 Å². The van der Waals surface area contributed by atoms with E-state index >= 15 is 0 Å². The molecule has 1 aliphatic heterocycles. The average Bonchev–Trinajstić information content (AvgIpc) is 2.45. The fourth-order valence-corrected chi connectivity index (χ4v) is 2.08. The fourth-order valence-electron chi connectivity index (χ4n) is 2.08. The molecular formula is C12H11F3N4O2. The van der Waals surface area contributed by atoms with Gasteiger partial charge < -0.3 is 15.3 Å². The Kier molecular flexibility index (Phi) is 3.99. The van der Waals surface area contributed by atoms with Crippen LogP contribution in [0, 0.1) is 11.3 Å². The zero-order valence-corrected chi connectivity index (χ0v) is 10.7. The first-order chi connectivity index (χ1) is 9.84. The number of alkyl halides is 3. The third-order valence-electron chi connectivity index (χ3n) is 3.04. The number of aromatic carboxylic acids is 1. The number of pyridine rings is 1. The lowest BCUT2D eigenvalue weighted by Gasteiger charge is -2.29. The summed E-state index contributed by atoms with van der Waals surface area (Å²) in [6.45, 7) is 1.89. The van der Waals surface area contributed by atoms with Crippen LogP contribution in [0.2, 0.25) is 0 Å². The molecule has 112 valence electrons. The topological polar surface area (TPSA) is 89.2 Å². The Labute approximate surface area is 117 Å². The second-order valence-corrected chi connectivity index (χ2v) is 4.41. The van der Waals surface area contributed by atoms with Crippen molar-refractivity contribution in [2.75, 3.05) is 31.1 Å². The first kappa shape index (κ1) is 15.1. The molecule has 0 aliphatic carbocycles. The van der Waals surface area contributed by atoms with Gasteiger partial charge in [0.15, 0.2) is 5.69 Å². The van der Waals surface area contributed by atoms with Gasteiger partial charge in [0.05, 0.1) is 11.1 Å². The SMILES string of the molecule is N#Cc1cc(C(=O)O)c(C(F)(F)F)nc1N1CCNCC1. The molecule has 0 spiro atoms. The predicted molar refractivity (Wildman–Crippen MR) is 66.0 cm³/mol. The maximum absolute atomic E-state index is 13.0. The van der Waals surface area contributed by atoms with E-state index in [9.17, 15) is 18.0 Å². The zero-order chi connectivity index (χ0) is 15.6. The van der Waals surface area contributed by atoms with Crippen molar-refractivity contribution in [1.82, 2.24) is 10.3 Å². The second kappa shape index (κ2) is 5.57. The summed E-state index contributed by atoms with van der Waals surface area (Å²) in [5, 5.41) is 20.9. The van der Waals surface area contributed by atoms with Crippen LogP contribution in [-0.4, -0.2) is 42.2 Å². The van der Waals surface area contributed by atoms with E-state index in [1.54, 1.807) is 6.07 Å². The van der Waals surface area contributed by atoms with Crippen LogP contribution in [0.1, 0.15) is 21.6 Å². The summed E-state index contributed by atoms with van der Waals surface area (Å²) >= 11 is 0. The normalized spacial score (nSPS) is 15.6. The molecule has 6 nitrogen and oxygen atoms in total. The molecule has 1 fully saturated rings. The quantitative estimate of drug-likeness (QED) is 0.849. The Morgan fingerprint density at radius 3 is 2.52 bits per heavy atom. The van der Waals surface area contributed by atoms with Crippen molar-refractivity contribution in [2.24, 2.45) is 0 Å². The molecule has 0 atom stereocenters. The van der Waals surface area contributed by atoms with Crippen LogP contribution in [0.5, 0.6) is 0 Å². The molecule has 2 rings (SSSR count). The second-order valence-electron chi connectivity index (χ2n) is 4.41. The van der Waals surface area contributed by atoms with E-state index in [-0.39, 0.29) is 11.4 Å². The molecule has 0 aromatic carbocycles. The molecular weight excluding hydrogens is 289 g/mol. The van der Waals surface area contributed by atoms with Crippen molar-refractivity contribution in [3.63, 3.8) is 0 Å². The highest BCUT2D eigenvalue weighted by Gasteiger charge is 2.39. The number of nitrogens with one attached hydrogen (secondary N) is 1. The van der Waals surface area contributed by atoms with E-state index < -0.39 is 23.4 Å². The molecule has 2 N–H and O–H groups in total. The van der Waals surface area contributed by atoms with Crippen molar-refractivity contribution in [2.45, 2.75) is 6.18 Å². The van der Waals surface area contributed by atoms with Crippen molar-refractivity contribution < 1.29 is 23.1 Å². The zero-order valence-electron chi connectivity index (χ0n) is 10.7. The molecule has 0 amide bonds. The number of aromatic nitrogens is 1. The van der Waals surface area contributed by atoms with Crippen LogP contribution in [-0.2, 0) is 6.18 Å². The van der Waals surface area contributed by atoms with E-state index in [4.69, 9.17) is 10.4 Å². The molecule has 21 heavy (non-hydrogen) atoms. The summed E-state index contributed by atoms with van der Waals surface area (Å²) in [5.41, 5.74) is -2.68. The summed E-state index contributed by atoms with van der Waals surface area (Å²) in [6.07, 6.45) is -4.90. The van der Waals surface area contributed by atoms with Crippen molar-refractivity contribution in [1.29, 1.82) is 5.26 Å². The van der Waals surface area contributed by atoms with Crippen LogP contribution in [0.3, 0.4) is 0 Å². The van der Waals surface area contributed by atoms with Crippen LogP contribution in [0.4, 0.5) is 19.0 Å². The highest BCUT2D eigenvalue weighted by atomic mass is 19.4. The monoisotopic (exact) mass is 300 g/mol. The molecule has 9 heteroatoms. The lowest BCUT2D eigenvalue weighted by Crippen LogP contribution is -2.44. The highest BCUT2D eigenvalue weighted by molar-refractivity contribution is 5.90. The average molecular weight is 300 g/mol. The number of nitrogens with zero attached hydrogens (tertiary/aromatic N) is 3. The summed E-state index contributed by atoms with van der Waals surface area (Å²) < 4.78 is 38.9. The predicted octanol–water partition coefficient (Wildman–Crippen LogP) is 1.08. The van der Waals surface area contributed by atoms with Crippen molar-refractivity contribution >= 4 is 11.8 Å². The van der Waals surface area contributed by atoms with E-state index in [1.807, 2.05) is 0 Å². The lowest BCUT2D eigenvalue weighted by molar-refractivity contribution is -0.141. The Morgan fingerprint density at radius 2 is 2.05 bits per heavy atom. The van der Waals surface area contributed by atoms with Crippen LogP contribution < -0.4 is 10.2 Å². The molecule has 0 unspecified atom stereocenters. The van der Waals surface area contributed by atoms with E-state index in [1.165, 1.54) is 4.90 Å². The number of rotatable bonds is 2. The first-order valence-electron chi connectivity index (χ1n) is 6.06. The van der Waals surface area contributed by atoms with Gasteiger partial charge in [-0.2, -0.15) is 18.4 Å². The maximum atomic E-state index is 13.0. The minimum absolute atomic E-state index is 0.128. The summed E-state index contributed by atoms with van der Waals surface area (Å²) in [7, 11) is 0. The Bertz CT molecular complexity index is 604. The third-order valence-corrected chi connectivity index (χ3v) is 3.04. The number of nitriles is 1. The summed E-state index contributed by atoms with van der Waals surface area (Å²) in [6, 6.07) is 2.44. The van der Waals surface area contributed by atoms with Crippen molar-refractivity contribution in [3.8, 4) is 6.07 Å². The summed E-state index contributed by atoms with van der Waals surface area (Å²) in [5.74, 6) is -1.89. The van der Waals surface area contributed by atoms with E-state index in [0.717, 1.165) is 6.07 Å². The van der Waals surface area contributed by atoms with Gasteiger partial charge in [0.2, 0.25) is 0 Å². The first-order valence-corrected chi connectivity index (χ1v) is 6.06. The van der Waals surface area contributed by atoms with Crippen LogP contribution in [0.15, 0.2) is 6.07 Å². The van der Waals surface area contributed by atoms with Gasteiger partial charge in [0, 0.05) is 26.2 Å². The third kappa shape index (κ3) is 3.05. The van der Waals surface area contributed by atoms with Gasteiger partial charge in [0.1, 0.15) is 11.9 Å². The molecule has 0 radical (unpaired) electrons. The Hall–Kier alpha value is -2.34. The lowest BCUT2D eigenvalue weighted by atomic mass is 10.1. The number of carboxylic acids is 1. The van der Waals surface area contributed by atoms with E-state index in [0.29, 0.717) is 26.2 Å². The van der Waals surface area contributed by atoms with Crippen LogP contribution >= 0.6 is 0 Å². The van der Waals surface area contributed by atoms with Gasteiger partial charge in [0.25, 0.3) is 0 Å². The number of hydrogen-bond acceptors (Lipinski definition) is 5. The molecule has 1 aromatic heterocycles. The molecule has 1 saturated heterocycles. The van der Waals surface area contributed by atoms with Gasteiger partial charge in [-0.15, -0.1) is 0 Å². The summed E-state index contributed by atoms with van der Waals surface area (Å²) in [4.78, 5) is 15.9. The molecule has 1 aromatic rings. The number of anilines is 1. The van der Waals surface area contributed by atoms with Gasteiger partial charge in [-0.25, -0.2) is 9.78 Å². The van der Waals surface area contributed by atoms with E-state index in [2.05, 4.69) is 10.3 Å². The molecule has 2 heterocycles. The number of halogens is 3. The minimum atomic E-state index is -4.90. The number of carbonyl (C=O) groups is 1. The highest BCUT2D eigenvalue weighted by Crippen LogP contribution is 2.33. The standard InChI is InChI=1S/C12H11F3N4O2/c13-12(14,15)9-8(11(20)21)5-7(6-16)10(18-9)19-3-1-17-2-4-19/h5,17H,1-4H2,(H,20,21). The van der Waals surface area contributed by atoms with Crippen molar-refractivity contribution in [3.05, 3.63) is 22.9 Å². The van der Waals surface area contributed by atoms with Gasteiger partial charge in [-0.3, -0.25) is 0 Å². The number of hydrogen-bond donors (Lipinski definition) is 2. The molecule has 1 aliphatic rings. The Balaban J connectivity index is 2.59. The number of carboxylic acid groups (broad SMARTS) is 1. The molecule has 0 bridgehead atoms. The maximum Gasteiger partial charge on any atom is 0.434 e. The minimum Gasteiger partial charge on any atom is -0.478 e. The largest absolute Gasteiger partial charge is 0.478 e. The molecule has 0 saturated carbocycles. The Morgan fingerprint density at radius 1 is 1.43 bits per heavy atom.